The average molecular weight is 450 g/mol. The fourth-order valence-corrected chi connectivity index (χ4v) is 4.33. The topological polar surface area (TPSA) is 67.4 Å². The van der Waals surface area contributed by atoms with Gasteiger partial charge in [0.25, 0.3) is 11.9 Å². The van der Waals surface area contributed by atoms with Crippen molar-refractivity contribution in [3.05, 3.63) is 71.0 Å². The maximum Gasteiger partial charge on any atom is 0.298 e. The Hall–Kier alpha value is -3.32. The van der Waals surface area contributed by atoms with Gasteiger partial charge >= 0.3 is 0 Å². The number of hydrogen-bond acceptors (Lipinski definition) is 5. The van der Waals surface area contributed by atoms with Crippen LogP contribution in [0.25, 0.3) is 16.8 Å². The number of nitrogens with zero attached hydrogens (tertiary/aromatic N) is 5. The highest BCUT2D eigenvalue weighted by Crippen LogP contribution is 2.27. The Morgan fingerprint density at radius 3 is 2.84 bits per heavy atom. The van der Waals surface area contributed by atoms with Crippen molar-refractivity contribution in [3.8, 4) is 5.69 Å². The van der Waals surface area contributed by atoms with E-state index < -0.39 is 0 Å². The number of carbonyl (C=O) groups is 1. The van der Waals surface area contributed by atoms with Crippen molar-refractivity contribution in [2.75, 3.05) is 24.5 Å². The van der Waals surface area contributed by atoms with Gasteiger partial charge in [-0.1, -0.05) is 23.2 Å². The molecule has 0 bridgehead atoms. The third-order valence-corrected chi connectivity index (χ3v) is 6.20. The summed E-state index contributed by atoms with van der Waals surface area (Å²) in [5, 5.41) is 4.96. The van der Waals surface area contributed by atoms with E-state index in [9.17, 15) is 4.79 Å². The monoisotopic (exact) mass is 449 g/mol. The molecule has 0 saturated carbocycles. The summed E-state index contributed by atoms with van der Waals surface area (Å²) in [5.41, 5.74) is 3.93. The molecule has 0 aliphatic carbocycles. The molecule has 1 fully saturated rings. The van der Waals surface area contributed by atoms with Crippen LogP contribution < -0.4 is 4.90 Å². The smallest absolute Gasteiger partial charge is 0.298 e. The van der Waals surface area contributed by atoms with Gasteiger partial charge in [0.05, 0.1) is 11.3 Å². The van der Waals surface area contributed by atoms with Crippen molar-refractivity contribution >= 4 is 34.6 Å². The van der Waals surface area contributed by atoms with Gasteiger partial charge in [-0.3, -0.25) is 4.79 Å². The highest BCUT2D eigenvalue weighted by Gasteiger charge is 2.29. The number of benzene rings is 2. The van der Waals surface area contributed by atoms with Crippen molar-refractivity contribution in [1.82, 2.24) is 19.7 Å². The summed E-state index contributed by atoms with van der Waals surface area (Å²) in [4.78, 5) is 22.3. The van der Waals surface area contributed by atoms with E-state index >= 15 is 0 Å². The molecule has 0 spiro atoms. The fourth-order valence-electron chi connectivity index (χ4n) is 4.16. The Kier molecular flexibility index (Phi) is 5.35. The van der Waals surface area contributed by atoms with E-state index in [2.05, 4.69) is 21.9 Å². The van der Waals surface area contributed by atoms with Crippen LogP contribution in [-0.4, -0.2) is 51.2 Å². The zero-order chi connectivity index (χ0) is 22.2. The molecule has 0 radical (unpaired) electrons. The molecule has 7 nitrogen and oxygen atoms in total. The fraction of sp³-hybridized carbons (Fsp3) is 0.292. The highest BCUT2D eigenvalue weighted by atomic mass is 35.5. The number of aryl methyl sites for hydroxylation is 1. The first kappa shape index (κ1) is 20.6. The molecule has 1 amide bonds. The van der Waals surface area contributed by atoms with Gasteiger partial charge < -0.3 is 14.2 Å². The number of rotatable bonds is 3. The van der Waals surface area contributed by atoms with Gasteiger partial charge in [-0.2, -0.15) is 10.1 Å². The van der Waals surface area contributed by atoms with Gasteiger partial charge in [-0.05, 0) is 56.7 Å². The lowest BCUT2D eigenvalue weighted by Gasteiger charge is -2.27. The quantitative estimate of drug-likeness (QED) is 0.453. The second-order valence-electron chi connectivity index (χ2n) is 8.20. The molecule has 2 aromatic carbocycles. The Morgan fingerprint density at radius 1 is 1.16 bits per heavy atom. The van der Waals surface area contributed by atoms with Crippen LogP contribution in [0.2, 0.25) is 5.02 Å². The van der Waals surface area contributed by atoms with Crippen molar-refractivity contribution in [1.29, 1.82) is 0 Å². The van der Waals surface area contributed by atoms with E-state index in [1.807, 2.05) is 48.4 Å². The second-order valence-corrected chi connectivity index (χ2v) is 8.64. The molecule has 32 heavy (non-hydrogen) atoms. The van der Waals surface area contributed by atoms with E-state index in [4.69, 9.17) is 16.0 Å². The molecule has 1 aliphatic heterocycles. The van der Waals surface area contributed by atoms with Crippen LogP contribution in [0.5, 0.6) is 0 Å². The first-order valence-electron chi connectivity index (χ1n) is 10.7. The highest BCUT2D eigenvalue weighted by molar-refractivity contribution is 6.31. The number of halogens is 1. The summed E-state index contributed by atoms with van der Waals surface area (Å²) in [6.45, 7) is 6.06. The molecule has 1 aliphatic rings. The van der Waals surface area contributed by atoms with Crippen molar-refractivity contribution in [2.24, 2.45) is 0 Å². The number of anilines is 1. The molecule has 164 valence electrons. The van der Waals surface area contributed by atoms with E-state index in [1.165, 1.54) is 0 Å². The van der Waals surface area contributed by atoms with Crippen LogP contribution in [-0.2, 0) is 0 Å². The van der Waals surface area contributed by atoms with Crippen LogP contribution in [0, 0.1) is 6.92 Å². The summed E-state index contributed by atoms with van der Waals surface area (Å²) >= 11 is 6.09. The van der Waals surface area contributed by atoms with Gasteiger partial charge in [0, 0.05) is 43.1 Å². The van der Waals surface area contributed by atoms with Gasteiger partial charge in [0.2, 0.25) is 0 Å². The maximum atomic E-state index is 13.7. The Balaban J connectivity index is 1.41. The molecule has 5 rings (SSSR count). The minimum atomic E-state index is 0.0119. The van der Waals surface area contributed by atoms with Crippen LogP contribution in [0.4, 0.5) is 6.01 Å². The van der Waals surface area contributed by atoms with Crippen LogP contribution in [0.15, 0.2) is 59.3 Å². The number of oxazole rings is 1. The number of aromatic nitrogens is 3. The number of hydrogen-bond donors (Lipinski definition) is 0. The first-order valence-corrected chi connectivity index (χ1v) is 11.1. The largest absolute Gasteiger partial charge is 0.423 e. The van der Waals surface area contributed by atoms with E-state index in [1.54, 1.807) is 23.0 Å². The standard InChI is InChI=1S/C24H24ClN5O2/c1-16-4-6-21(30-10-3-9-26-30)19(14-16)23(31)29-13-12-28(11-8-17(29)2)24-27-20-15-18(25)5-7-22(20)32-24/h3-7,9-10,14-15,17H,8,11-13H2,1-2H3/t17-/m1/s1. The van der Waals surface area contributed by atoms with Gasteiger partial charge in [0.1, 0.15) is 5.52 Å². The first-order chi connectivity index (χ1) is 15.5. The lowest BCUT2D eigenvalue weighted by atomic mass is 10.1. The maximum absolute atomic E-state index is 13.7. The summed E-state index contributed by atoms with van der Waals surface area (Å²) < 4.78 is 7.70. The Bertz CT molecular complexity index is 1270. The molecule has 0 N–H and O–H groups in total. The van der Waals surface area contributed by atoms with Gasteiger partial charge in [-0.25, -0.2) is 4.68 Å². The number of carbonyl (C=O) groups excluding carboxylic acids is 1. The minimum Gasteiger partial charge on any atom is -0.423 e. The predicted octanol–water partition coefficient (Wildman–Crippen LogP) is 4.72. The molecule has 3 heterocycles. The molecule has 1 saturated heterocycles. The van der Waals surface area contributed by atoms with Crippen molar-refractivity contribution in [2.45, 2.75) is 26.3 Å². The summed E-state index contributed by atoms with van der Waals surface area (Å²) in [5.74, 6) is 0.0119. The van der Waals surface area contributed by atoms with Gasteiger partial charge in [0.15, 0.2) is 5.58 Å². The summed E-state index contributed by atoms with van der Waals surface area (Å²) in [6, 6.07) is 13.8. The predicted molar refractivity (Wildman–Crippen MR) is 125 cm³/mol. The molecule has 8 heteroatoms. The lowest BCUT2D eigenvalue weighted by molar-refractivity contribution is 0.0705. The zero-order valence-electron chi connectivity index (χ0n) is 18.0. The Morgan fingerprint density at radius 2 is 2.03 bits per heavy atom. The average Bonchev–Trinajstić information content (AvgIpc) is 3.41. The SMILES string of the molecule is Cc1ccc(-n2cccn2)c(C(=O)N2CCN(c3nc4cc(Cl)ccc4o3)CC[C@H]2C)c1. The van der Waals surface area contributed by atoms with Crippen molar-refractivity contribution < 1.29 is 9.21 Å². The molecule has 0 unspecified atom stereocenters. The third kappa shape index (κ3) is 3.84. The normalized spacial score (nSPS) is 17.0. The number of fused-ring (bicyclic) bond motifs is 1. The zero-order valence-corrected chi connectivity index (χ0v) is 18.8. The Labute approximate surface area is 191 Å². The van der Waals surface area contributed by atoms with Gasteiger partial charge in [-0.15, -0.1) is 0 Å². The molecule has 4 aromatic rings. The van der Waals surface area contributed by atoms with Crippen LogP contribution in [0.3, 0.4) is 0 Å². The molecule has 1 atom stereocenters. The van der Waals surface area contributed by atoms with E-state index in [0.717, 1.165) is 29.7 Å². The lowest BCUT2D eigenvalue weighted by Crippen LogP contribution is -2.40. The van der Waals surface area contributed by atoms with E-state index in [-0.39, 0.29) is 11.9 Å². The van der Waals surface area contributed by atoms with Crippen LogP contribution >= 0.6 is 11.6 Å². The van der Waals surface area contributed by atoms with E-state index in [0.29, 0.717) is 35.3 Å². The molecular formula is C24H24ClN5O2. The van der Waals surface area contributed by atoms with Crippen molar-refractivity contribution in [3.63, 3.8) is 0 Å². The van der Waals surface area contributed by atoms with Crippen LogP contribution in [0.1, 0.15) is 29.3 Å². The molecular weight excluding hydrogens is 426 g/mol. The second kappa shape index (κ2) is 8.31. The summed E-state index contributed by atoms with van der Waals surface area (Å²) in [6.07, 6.45) is 4.39. The summed E-state index contributed by atoms with van der Waals surface area (Å²) in [7, 11) is 0. The third-order valence-electron chi connectivity index (χ3n) is 5.96. The molecule has 2 aromatic heterocycles. The minimum absolute atomic E-state index is 0.0119. The number of amides is 1.